The fourth-order valence-electron chi connectivity index (χ4n) is 4.41. The third kappa shape index (κ3) is 7.67. The standard InChI is InChI=1S/C31H29Cl2N3O4S/c1-34-31(38)29(20-23-9-4-2-5-10-23)35(21-24-11-8-12-26(33)19-24)30(37)22-36(27-13-6-3-7-14-27)41(39,40)28-17-15-25(32)16-18-28/h2-19,29H,20-22H2,1H3,(H,34,38)/t29-/m0/s1. The van der Waals surface area contributed by atoms with E-state index in [0.717, 1.165) is 9.87 Å². The van der Waals surface area contributed by atoms with Crippen molar-refractivity contribution in [3.63, 3.8) is 0 Å². The van der Waals surface area contributed by atoms with Crippen molar-refractivity contribution >= 4 is 50.7 Å². The normalized spacial score (nSPS) is 11.9. The van der Waals surface area contributed by atoms with E-state index in [1.165, 1.54) is 36.2 Å². The first-order chi connectivity index (χ1) is 19.7. The summed E-state index contributed by atoms with van der Waals surface area (Å²) in [7, 11) is -2.68. The Hall–Kier alpha value is -3.85. The molecule has 0 aliphatic heterocycles. The Balaban J connectivity index is 1.77. The summed E-state index contributed by atoms with van der Waals surface area (Å²) in [6.45, 7) is -0.508. The van der Waals surface area contributed by atoms with Gasteiger partial charge in [-0.3, -0.25) is 13.9 Å². The quantitative estimate of drug-likeness (QED) is 0.241. The number of para-hydroxylation sites is 1. The topological polar surface area (TPSA) is 86.8 Å². The van der Waals surface area contributed by atoms with Gasteiger partial charge in [-0.2, -0.15) is 0 Å². The Labute approximate surface area is 250 Å². The van der Waals surface area contributed by atoms with E-state index in [2.05, 4.69) is 5.32 Å². The van der Waals surface area contributed by atoms with Crippen LogP contribution in [0.3, 0.4) is 0 Å². The Morgan fingerprint density at radius 3 is 2.00 bits per heavy atom. The molecule has 0 unspecified atom stereocenters. The van der Waals surface area contributed by atoms with Gasteiger partial charge in [0.05, 0.1) is 10.6 Å². The number of hydrogen-bond acceptors (Lipinski definition) is 4. The number of hydrogen-bond donors (Lipinski definition) is 1. The van der Waals surface area contributed by atoms with Gasteiger partial charge in [-0.05, 0) is 59.7 Å². The number of anilines is 1. The van der Waals surface area contributed by atoms with E-state index < -0.39 is 28.5 Å². The van der Waals surface area contributed by atoms with Crippen LogP contribution < -0.4 is 9.62 Å². The van der Waals surface area contributed by atoms with Gasteiger partial charge in [0.1, 0.15) is 12.6 Å². The van der Waals surface area contributed by atoms with Crippen LogP contribution in [-0.4, -0.2) is 44.8 Å². The van der Waals surface area contributed by atoms with Crippen LogP contribution in [0.5, 0.6) is 0 Å². The minimum atomic E-state index is -4.18. The highest BCUT2D eigenvalue weighted by Crippen LogP contribution is 2.26. The van der Waals surface area contributed by atoms with Crippen molar-refractivity contribution in [1.29, 1.82) is 0 Å². The Morgan fingerprint density at radius 2 is 1.39 bits per heavy atom. The van der Waals surface area contributed by atoms with Crippen LogP contribution >= 0.6 is 23.2 Å². The minimum Gasteiger partial charge on any atom is -0.357 e. The molecule has 4 rings (SSSR count). The number of benzene rings is 4. The summed E-state index contributed by atoms with van der Waals surface area (Å²) in [5, 5.41) is 3.52. The summed E-state index contributed by atoms with van der Waals surface area (Å²) in [6, 6.07) is 29.5. The number of amides is 2. The highest BCUT2D eigenvalue weighted by molar-refractivity contribution is 7.92. The van der Waals surface area contributed by atoms with Crippen molar-refractivity contribution in [3.8, 4) is 0 Å². The molecule has 0 aliphatic rings. The molecule has 212 valence electrons. The molecule has 0 spiro atoms. The minimum absolute atomic E-state index is 0.0212. The van der Waals surface area contributed by atoms with Gasteiger partial charge >= 0.3 is 0 Å². The first-order valence-electron chi connectivity index (χ1n) is 12.8. The van der Waals surface area contributed by atoms with Gasteiger partial charge in [0.25, 0.3) is 10.0 Å². The van der Waals surface area contributed by atoms with Crippen molar-refractivity contribution in [3.05, 3.63) is 130 Å². The van der Waals surface area contributed by atoms with Gasteiger partial charge in [0.2, 0.25) is 11.8 Å². The molecule has 0 saturated heterocycles. The van der Waals surface area contributed by atoms with Gasteiger partial charge < -0.3 is 10.2 Å². The summed E-state index contributed by atoms with van der Waals surface area (Å²) in [5.74, 6) is -0.938. The van der Waals surface area contributed by atoms with Crippen LogP contribution in [-0.2, 0) is 32.6 Å². The maximum absolute atomic E-state index is 14.2. The zero-order valence-corrected chi connectivity index (χ0v) is 24.6. The molecule has 41 heavy (non-hydrogen) atoms. The van der Waals surface area contributed by atoms with E-state index in [-0.39, 0.29) is 23.8 Å². The molecule has 0 aliphatic carbocycles. The number of nitrogens with one attached hydrogen (secondary N) is 1. The Bertz CT molecular complexity index is 1580. The lowest BCUT2D eigenvalue weighted by Crippen LogP contribution is -2.53. The molecule has 0 bridgehead atoms. The number of carbonyl (C=O) groups is 2. The van der Waals surface area contributed by atoms with Crippen LogP contribution in [0.1, 0.15) is 11.1 Å². The summed E-state index contributed by atoms with van der Waals surface area (Å²) in [4.78, 5) is 28.8. The molecule has 4 aromatic carbocycles. The average Bonchev–Trinajstić information content (AvgIpc) is 2.98. The van der Waals surface area contributed by atoms with Crippen molar-refractivity contribution in [2.45, 2.75) is 23.9 Å². The van der Waals surface area contributed by atoms with E-state index >= 15 is 0 Å². The summed E-state index contributed by atoms with van der Waals surface area (Å²) < 4.78 is 28.8. The molecule has 0 saturated carbocycles. The molecule has 0 radical (unpaired) electrons. The SMILES string of the molecule is CNC(=O)[C@H](Cc1ccccc1)N(Cc1cccc(Cl)c1)C(=O)CN(c1ccccc1)S(=O)(=O)c1ccc(Cl)cc1. The Kier molecular flexibility index (Phi) is 10.0. The molecule has 0 fully saturated rings. The van der Waals surface area contributed by atoms with Crippen molar-refractivity contribution in [2.24, 2.45) is 0 Å². The van der Waals surface area contributed by atoms with Crippen molar-refractivity contribution in [2.75, 3.05) is 17.9 Å². The van der Waals surface area contributed by atoms with Crippen LogP contribution in [0.2, 0.25) is 10.0 Å². The van der Waals surface area contributed by atoms with Crippen LogP contribution in [0.4, 0.5) is 5.69 Å². The maximum Gasteiger partial charge on any atom is 0.264 e. The molecule has 10 heteroatoms. The van der Waals surface area contributed by atoms with Gasteiger partial charge in [0, 0.05) is 30.1 Å². The van der Waals surface area contributed by atoms with E-state index in [4.69, 9.17) is 23.2 Å². The molecular weight excluding hydrogens is 581 g/mol. The van der Waals surface area contributed by atoms with Crippen molar-refractivity contribution in [1.82, 2.24) is 10.2 Å². The third-order valence-electron chi connectivity index (χ3n) is 6.48. The van der Waals surface area contributed by atoms with Crippen LogP contribution in [0.15, 0.2) is 114 Å². The highest BCUT2D eigenvalue weighted by Gasteiger charge is 2.34. The van der Waals surface area contributed by atoms with E-state index in [0.29, 0.717) is 21.3 Å². The largest absolute Gasteiger partial charge is 0.357 e. The average molecular weight is 611 g/mol. The predicted octanol–water partition coefficient (Wildman–Crippen LogP) is 5.57. The van der Waals surface area contributed by atoms with Crippen LogP contribution in [0.25, 0.3) is 0 Å². The number of likely N-dealkylation sites (N-methyl/N-ethyl adjacent to an activating group) is 1. The number of nitrogens with zero attached hydrogens (tertiary/aromatic N) is 2. The molecule has 7 nitrogen and oxygen atoms in total. The molecule has 0 aromatic heterocycles. The second kappa shape index (κ2) is 13.7. The van der Waals surface area contributed by atoms with Crippen LogP contribution in [0, 0.1) is 0 Å². The van der Waals surface area contributed by atoms with E-state index in [1.807, 2.05) is 30.3 Å². The number of rotatable bonds is 11. The Morgan fingerprint density at radius 1 is 0.780 bits per heavy atom. The molecule has 0 heterocycles. The summed E-state index contributed by atoms with van der Waals surface area (Å²) in [5.41, 5.74) is 1.84. The molecule has 4 aromatic rings. The van der Waals surface area contributed by atoms with Crippen molar-refractivity contribution < 1.29 is 18.0 Å². The molecule has 1 atom stereocenters. The smallest absolute Gasteiger partial charge is 0.264 e. The fraction of sp³-hybridized carbons (Fsp3) is 0.161. The van der Waals surface area contributed by atoms with Gasteiger partial charge in [0.15, 0.2) is 0 Å². The number of sulfonamides is 1. The zero-order valence-electron chi connectivity index (χ0n) is 22.3. The first-order valence-corrected chi connectivity index (χ1v) is 15.0. The second-order valence-electron chi connectivity index (χ2n) is 9.27. The number of carbonyl (C=O) groups excluding carboxylic acids is 2. The lowest BCUT2D eigenvalue weighted by molar-refractivity contribution is -0.139. The summed E-state index contributed by atoms with van der Waals surface area (Å²) in [6.07, 6.45) is 0.224. The summed E-state index contributed by atoms with van der Waals surface area (Å²) >= 11 is 12.2. The van der Waals surface area contributed by atoms with Gasteiger partial charge in [-0.15, -0.1) is 0 Å². The van der Waals surface area contributed by atoms with E-state index in [9.17, 15) is 18.0 Å². The van der Waals surface area contributed by atoms with Gasteiger partial charge in [-0.1, -0.05) is 83.9 Å². The first kappa shape index (κ1) is 30.1. The highest BCUT2D eigenvalue weighted by atomic mass is 35.5. The lowest BCUT2D eigenvalue weighted by Gasteiger charge is -2.33. The predicted molar refractivity (Wildman–Crippen MR) is 162 cm³/mol. The molecule has 1 N–H and O–H groups in total. The second-order valence-corrected chi connectivity index (χ2v) is 12.0. The lowest BCUT2D eigenvalue weighted by atomic mass is 10.0. The van der Waals surface area contributed by atoms with Gasteiger partial charge in [-0.25, -0.2) is 8.42 Å². The maximum atomic E-state index is 14.2. The number of halogens is 2. The molecule has 2 amide bonds. The molecular formula is C31H29Cl2N3O4S. The fourth-order valence-corrected chi connectivity index (χ4v) is 6.16. The van der Waals surface area contributed by atoms with E-state index in [1.54, 1.807) is 54.6 Å². The monoisotopic (exact) mass is 609 g/mol. The zero-order chi connectivity index (χ0) is 29.4. The third-order valence-corrected chi connectivity index (χ3v) is 8.76.